The first-order valence-electron chi connectivity index (χ1n) is 6.16. The first-order valence-corrected chi connectivity index (χ1v) is 7.96. The molecule has 0 aliphatic heterocycles. The topological polar surface area (TPSA) is 92.2 Å². The number of carbonyl (C=O) groups is 2. The molecule has 0 saturated heterocycles. The molecule has 0 aliphatic carbocycles. The number of hydrogen-bond acceptors (Lipinski definition) is 6. The van der Waals surface area contributed by atoms with E-state index >= 15 is 0 Å². The van der Waals surface area contributed by atoms with E-state index in [1.807, 2.05) is 6.92 Å². The maximum atomic E-state index is 11.9. The van der Waals surface area contributed by atoms with Crippen molar-refractivity contribution in [3.63, 3.8) is 0 Å². The highest BCUT2D eigenvalue weighted by molar-refractivity contribution is 8.01. The summed E-state index contributed by atoms with van der Waals surface area (Å²) in [4.78, 5) is 22.3. The highest BCUT2D eigenvalue weighted by Crippen LogP contribution is 2.29. The Morgan fingerprint density at radius 3 is 2.60 bits per heavy atom. The van der Waals surface area contributed by atoms with E-state index in [1.54, 1.807) is 0 Å². The minimum Gasteiger partial charge on any atom is -0.481 e. The molecular formula is C12H19N3O3S2. The lowest BCUT2D eigenvalue weighted by Crippen LogP contribution is -2.23. The zero-order valence-corrected chi connectivity index (χ0v) is 13.6. The molecular weight excluding hydrogens is 298 g/mol. The van der Waals surface area contributed by atoms with Crippen LogP contribution in [0.3, 0.4) is 0 Å². The van der Waals surface area contributed by atoms with Crippen LogP contribution in [0, 0.1) is 11.3 Å². The maximum Gasteiger partial charge on any atom is 0.313 e. The number of carbonyl (C=O) groups excluding carboxylic acids is 1. The highest BCUT2D eigenvalue weighted by Gasteiger charge is 2.23. The van der Waals surface area contributed by atoms with Crippen LogP contribution in [0.15, 0.2) is 4.34 Å². The maximum absolute atomic E-state index is 11.9. The summed E-state index contributed by atoms with van der Waals surface area (Å²) in [6, 6.07) is 0. The Morgan fingerprint density at radius 2 is 2.05 bits per heavy atom. The molecule has 8 heteroatoms. The van der Waals surface area contributed by atoms with Crippen LogP contribution >= 0.6 is 23.1 Å². The van der Waals surface area contributed by atoms with Crippen LogP contribution in [-0.4, -0.2) is 32.9 Å². The summed E-state index contributed by atoms with van der Waals surface area (Å²) in [5.41, 5.74) is 0.0704. The van der Waals surface area contributed by atoms with E-state index in [2.05, 4.69) is 36.3 Å². The van der Waals surface area contributed by atoms with Gasteiger partial charge in [0.15, 0.2) is 4.34 Å². The minimum absolute atomic E-state index is 0.0658. The van der Waals surface area contributed by atoms with Gasteiger partial charge in [-0.15, -0.1) is 10.2 Å². The lowest BCUT2D eigenvalue weighted by molar-refractivity contribution is -0.133. The number of rotatable bonds is 6. The average Bonchev–Trinajstić information content (AvgIpc) is 2.72. The lowest BCUT2D eigenvalue weighted by atomic mass is 9.80. The van der Waals surface area contributed by atoms with Gasteiger partial charge < -0.3 is 10.4 Å². The van der Waals surface area contributed by atoms with Gasteiger partial charge in [-0.3, -0.25) is 9.59 Å². The third kappa shape index (κ3) is 5.87. The fourth-order valence-corrected chi connectivity index (χ4v) is 2.69. The van der Waals surface area contributed by atoms with E-state index in [4.69, 9.17) is 5.11 Å². The van der Waals surface area contributed by atoms with Gasteiger partial charge in [-0.2, -0.15) is 0 Å². The van der Waals surface area contributed by atoms with Crippen LogP contribution < -0.4 is 5.32 Å². The minimum atomic E-state index is -0.908. The zero-order chi connectivity index (χ0) is 15.3. The second-order valence-corrected chi connectivity index (χ2v) is 7.77. The Labute approximate surface area is 126 Å². The number of amides is 1. The van der Waals surface area contributed by atoms with Crippen molar-refractivity contribution in [2.45, 2.75) is 38.5 Å². The molecule has 1 unspecified atom stereocenters. The molecule has 0 fully saturated rings. The molecule has 1 aromatic heterocycles. The molecule has 0 radical (unpaired) electrons. The molecule has 6 nitrogen and oxygen atoms in total. The Morgan fingerprint density at radius 1 is 1.40 bits per heavy atom. The Balaban J connectivity index is 2.48. The summed E-state index contributed by atoms with van der Waals surface area (Å²) >= 11 is 2.27. The zero-order valence-electron chi connectivity index (χ0n) is 12.0. The monoisotopic (exact) mass is 317 g/mol. The van der Waals surface area contributed by atoms with E-state index in [-0.39, 0.29) is 23.0 Å². The van der Waals surface area contributed by atoms with Gasteiger partial charge in [-0.05, 0) is 11.3 Å². The number of aromatic nitrogens is 2. The molecule has 1 amide bonds. The van der Waals surface area contributed by atoms with Gasteiger partial charge in [0.1, 0.15) is 0 Å². The van der Waals surface area contributed by atoms with Gasteiger partial charge in [-0.1, -0.05) is 50.8 Å². The smallest absolute Gasteiger partial charge is 0.313 e. The number of carboxylic acid groups (broad SMARTS) is 1. The SMILES string of the molecule is CC(CC(=O)Nc1nnc(SCC(=O)O)s1)C(C)(C)C. The molecule has 112 valence electrons. The predicted molar refractivity (Wildman–Crippen MR) is 80.1 cm³/mol. The van der Waals surface area contributed by atoms with E-state index in [0.29, 0.717) is 15.9 Å². The number of anilines is 1. The summed E-state index contributed by atoms with van der Waals surface area (Å²) in [5.74, 6) is -0.826. The number of aliphatic carboxylic acids is 1. The second-order valence-electron chi connectivity index (χ2n) is 5.57. The third-order valence-corrected chi connectivity index (χ3v) is 4.90. The second kappa shape index (κ2) is 7.03. The summed E-state index contributed by atoms with van der Waals surface area (Å²) in [6.07, 6.45) is 0.417. The molecule has 1 aromatic rings. The van der Waals surface area contributed by atoms with Gasteiger partial charge in [0, 0.05) is 6.42 Å². The number of thioether (sulfide) groups is 1. The van der Waals surface area contributed by atoms with Crippen LogP contribution in [0.4, 0.5) is 5.13 Å². The molecule has 1 atom stereocenters. The average molecular weight is 317 g/mol. The Kier molecular flexibility index (Phi) is 5.94. The molecule has 0 aliphatic rings. The summed E-state index contributed by atoms with van der Waals surface area (Å²) < 4.78 is 0.534. The van der Waals surface area contributed by atoms with Gasteiger partial charge in [-0.25, -0.2) is 0 Å². The summed E-state index contributed by atoms with van der Waals surface area (Å²) in [6.45, 7) is 8.32. The fourth-order valence-electron chi connectivity index (χ4n) is 1.20. The van der Waals surface area contributed by atoms with Crippen molar-refractivity contribution < 1.29 is 14.7 Å². The van der Waals surface area contributed by atoms with Crippen LogP contribution in [0.25, 0.3) is 0 Å². The molecule has 0 bridgehead atoms. The number of hydrogen-bond donors (Lipinski definition) is 2. The van der Waals surface area contributed by atoms with Crippen molar-refractivity contribution in [3.8, 4) is 0 Å². The van der Waals surface area contributed by atoms with Crippen LogP contribution in [-0.2, 0) is 9.59 Å². The Bertz CT molecular complexity index is 483. The van der Waals surface area contributed by atoms with Gasteiger partial charge in [0.25, 0.3) is 0 Å². The van der Waals surface area contributed by atoms with Gasteiger partial charge in [0.2, 0.25) is 11.0 Å². The van der Waals surface area contributed by atoms with Gasteiger partial charge >= 0.3 is 5.97 Å². The normalized spacial score (nSPS) is 13.0. The molecule has 2 N–H and O–H groups in total. The first-order chi connectivity index (χ1) is 9.18. The first kappa shape index (κ1) is 16.9. The molecule has 20 heavy (non-hydrogen) atoms. The Hall–Kier alpha value is -1.15. The van der Waals surface area contributed by atoms with E-state index in [1.165, 1.54) is 11.3 Å². The number of carboxylic acids is 1. The van der Waals surface area contributed by atoms with E-state index in [0.717, 1.165) is 11.8 Å². The van der Waals surface area contributed by atoms with Crippen molar-refractivity contribution in [2.24, 2.45) is 11.3 Å². The van der Waals surface area contributed by atoms with Crippen LogP contribution in [0.5, 0.6) is 0 Å². The molecule has 1 rings (SSSR count). The van der Waals surface area contributed by atoms with Crippen molar-refractivity contribution in [3.05, 3.63) is 0 Å². The van der Waals surface area contributed by atoms with E-state index in [9.17, 15) is 9.59 Å². The third-order valence-electron chi connectivity index (χ3n) is 2.94. The fraction of sp³-hybridized carbons (Fsp3) is 0.667. The molecule has 0 saturated carbocycles. The molecule has 0 spiro atoms. The van der Waals surface area contributed by atoms with Crippen LogP contribution in [0.2, 0.25) is 0 Å². The largest absolute Gasteiger partial charge is 0.481 e. The van der Waals surface area contributed by atoms with E-state index < -0.39 is 5.97 Å². The number of nitrogens with one attached hydrogen (secondary N) is 1. The van der Waals surface area contributed by atoms with Crippen LogP contribution in [0.1, 0.15) is 34.1 Å². The van der Waals surface area contributed by atoms with Crippen molar-refractivity contribution in [1.29, 1.82) is 0 Å². The molecule has 0 aromatic carbocycles. The van der Waals surface area contributed by atoms with Crippen molar-refractivity contribution >= 4 is 40.1 Å². The lowest BCUT2D eigenvalue weighted by Gasteiger charge is -2.26. The molecule has 1 heterocycles. The standard InChI is InChI=1S/C12H19N3O3S2/c1-7(12(2,3)4)5-8(16)13-10-14-15-11(20-10)19-6-9(17)18/h7H,5-6H2,1-4H3,(H,17,18)(H,13,14,16). The quantitative estimate of drug-likeness (QED) is 0.619. The van der Waals surface area contributed by atoms with Crippen molar-refractivity contribution in [1.82, 2.24) is 10.2 Å². The van der Waals surface area contributed by atoms with Crippen molar-refractivity contribution in [2.75, 3.05) is 11.1 Å². The summed E-state index contributed by atoms with van der Waals surface area (Å²) in [5, 5.41) is 19.3. The summed E-state index contributed by atoms with van der Waals surface area (Å²) in [7, 11) is 0. The predicted octanol–water partition coefficient (Wildman–Crippen LogP) is 2.73. The van der Waals surface area contributed by atoms with Gasteiger partial charge in [0.05, 0.1) is 5.75 Å². The highest BCUT2D eigenvalue weighted by atomic mass is 32.2. The number of nitrogens with zero attached hydrogens (tertiary/aromatic N) is 2.